The Hall–Kier alpha value is -2.99. The molecule has 1 amide bonds. The largest absolute Gasteiger partial charge is 0.508 e. The van der Waals surface area contributed by atoms with E-state index in [0.717, 1.165) is 5.56 Å². The molecule has 6 nitrogen and oxygen atoms in total. The smallest absolute Gasteiger partial charge is 0.244 e. The minimum Gasteiger partial charge on any atom is -0.508 e. The van der Waals surface area contributed by atoms with Crippen LogP contribution in [0.15, 0.2) is 48.5 Å². The third-order valence-corrected chi connectivity index (χ3v) is 3.44. The molecule has 0 bridgehead atoms. The summed E-state index contributed by atoms with van der Waals surface area (Å²) in [5.41, 5.74) is 1.42. The molecule has 0 aliphatic carbocycles. The average molecular weight is 329 g/mol. The van der Waals surface area contributed by atoms with Crippen LogP contribution in [0.4, 0.5) is 0 Å². The molecule has 1 atom stereocenters. The van der Waals surface area contributed by atoms with Gasteiger partial charge in [0.25, 0.3) is 0 Å². The molecule has 0 aliphatic rings. The SMILES string of the molecule is CO[C@H](CNC(=O)/C=C/c1ccc(O)c(O)c1)c1ccc(O)cc1. The van der Waals surface area contributed by atoms with Crippen LogP contribution in [0.25, 0.3) is 6.08 Å². The van der Waals surface area contributed by atoms with Gasteiger partial charge >= 0.3 is 0 Å². The maximum Gasteiger partial charge on any atom is 0.244 e. The first-order valence-corrected chi connectivity index (χ1v) is 7.29. The molecule has 0 radical (unpaired) electrons. The number of benzene rings is 2. The molecule has 0 aliphatic heterocycles. The Morgan fingerprint density at radius 2 is 1.83 bits per heavy atom. The highest BCUT2D eigenvalue weighted by Crippen LogP contribution is 2.25. The number of hydrogen-bond acceptors (Lipinski definition) is 5. The predicted molar refractivity (Wildman–Crippen MR) is 89.7 cm³/mol. The quantitative estimate of drug-likeness (QED) is 0.481. The van der Waals surface area contributed by atoms with Crippen LogP contribution in [0.5, 0.6) is 17.2 Å². The molecule has 0 saturated heterocycles. The van der Waals surface area contributed by atoms with Crippen molar-refractivity contribution in [3.63, 3.8) is 0 Å². The summed E-state index contributed by atoms with van der Waals surface area (Å²) in [6, 6.07) is 10.8. The number of nitrogens with one attached hydrogen (secondary N) is 1. The van der Waals surface area contributed by atoms with Crippen LogP contribution in [-0.2, 0) is 9.53 Å². The van der Waals surface area contributed by atoms with Crippen molar-refractivity contribution < 1.29 is 24.9 Å². The van der Waals surface area contributed by atoms with Gasteiger partial charge in [-0.2, -0.15) is 0 Å². The lowest BCUT2D eigenvalue weighted by molar-refractivity contribution is -0.117. The second-order valence-corrected chi connectivity index (χ2v) is 5.14. The standard InChI is InChI=1S/C18H19NO5/c1-24-17(13-4-6-14(20)7-5-13)11-19-18(23)9-3-12-2-8-15(21)16(22)10-12/h2-10,17,20-22H,11H2,1H3,(H,19,23)/b9-3+/t17-/m1/s1. The normalized spacial score (nSPS) is 12.2. The van der Waals surface area contributed by atoms with Crippen molar-refractivity contribution in [1.82, 2.24) is 5.32 Å². The summed E-state index contributed by atoms with van der Waals surface area (Å²) >= 11 is 0. The highest BCUT2D eigenvalue weighted by molar-refractivity contribution is 5.91. The maximum atomic E-state index is 11.9. The van der Waals surface area contributed by atoms with E-state index in [1.807, 2.05) is 0 Å². The van der Waals surface area contributed by atoms with E-state index in [-0.39, 0.29) is 35.8 Å². The van der Waals surface area contributed by atoms with E-state index in [1.54, 1.807) is 37.4 Å². The van der Waals surface area contributed by atoms with Crippen LogP contribution in [0, 0.1) is 0 Å². The van der Waals surface area contributed by atoms with Gasteiger partial charge in [0.1, 0.15) is 5.75 Å². The maximum absolute atomic E-state index is 11.9. The topological polar surface area (TPSA) is 99.0 Å². The van der Waals surface area contributed by atoms with Crippen LogP contribution in [0.1, 0.15) is 17.2 Å². The number of methoxy groups -OCH3 is 1. The Morgan fingerprint density at radius 3 is 2.46 bits per heavy atom. The zero-order valence-corrected chi connectivity index (χ0v) is 13.1. The zero-order chi connectivity index (χ0) is 17.5. The van der Waals surface area contributed by atoms with Gasteiger partial charge in [-0.1, -0.05) is 18.2 Å². The van der Waals surface area contributed by atoms with Crippen LogP contribution >= 0.6 is 0 Å². The van der Waals surface area contributed by atoms with Crippen LogP contribution in [0.2, 0.25) is 0 Å². The Labute approximate surface area is 139 Å². The summed E-state index contributed by atoms with van der Waals surface area (Å²) in [4.78, 5) is 11.9. The Morgan fingerprint density at radius 1 is 1.12 bits per heavy atom. The van der Waals surface area contributed by atoms with Crippen LogP contribution in [0.3, 0.4) is 0 Å². The second kappa shape index (κ2) is 8.03. The molecule has 2 aromatic rings. The first-order valence-electron chi connectivity index (χ1n) is 7.29. The molecule has 0 aromatic heterocycles. The lowest BCUT2D eigenvalue weighted by Gasteiger charge is -2.16. The Bertz CT molecular complexity index is 725. The number of phenols is 3. The van der Waals surface area contributed by atoms with Gasteiger partial charge in [0.2, 0.25) is 5.91 Å². The van der Waals surface area contributed by atoms with Crippen molar-refractivity contribution in [3.05, 3.63) is 59.7 Å². The van der Waals surface area contributed by atoms with Gasteiger partial charge in [-0.3, -0.25) is 4.79 Å². The summed E-state index contributed by atoms with van der Waals surface area (Å²) in [6.45, 7) is 0.269. The van der Waals surface area contributed by atoms with E-state index >= 15 is 0 Å². The molecule has 0 unspecified atom stereocenters. The molecule has 2 aromatic carbocycles. The number of carbonyl (C=O) groups excluding carboxylic acids is 1. The number of phenolic OH excluding ortho intramolecular Hbond substituents is 3. The van der Waals surface area contributed by atoms with Gasteiger partial charge in [0.05, 0.1) is 6.10 Å². The van der Waals surface area contributed by atoms with E-state index in [4.69, 9.17) is 4.74 Å². The van der Waals surface area contributed by atoms with Crippen molar-refractivity contribution in [3.8, 4) is 17.2 Å². The number of ether oxygens (including phenoxy) is 1. The molecule has 2 rings (SSSR count). The molecule has 4 N–H and O–H groups in total. The monoisotopic (exact) mass is 329 g/mol. The summed E-state index contributed by atoms with van der Waals surface area (Å²) < 4.78 is 5.34. The van der Waals surface area contributed by atoms with Gasteiger partial charge in [-0.05, 0) is 41.5 Å². The highest BCUT2D eigenvalue weighted by atomic mass is 16.5. The van der Waals surface area contributed by atoms with Crippen LogP contribution < -0.4 is 5.32 Å². The molecule has 6 heteroatoms. The van der Waals surface area contributed by atoms with Crippen molar-refractivity contribution in [1.29, 1.82) is 0 Å². The van der Waals surface area contributed by atoms with Crippen molar-refractivity contribution in [2.24, 2.45) is 0 Å². The van der Waals surface area contributed by atoms with E-state index < -0.39 is 0 Å². The third-order valence-electron chi connectivity index (χ3n) is 3.44. The number of carbonyl (C=O) groups is 1. The Balaban J connectivity index is 1.92. The predicted octanol–water partition coefficient (Wildman–Crippen LogP) is 2.32. The molecule has 126 valence electrons. The summed E-state index contributed by atoms with van der Waals surface area (Å²) in [6.07, 6.45) is 2.52. The number of hydrogen-bond donors (Lipinski definition) is 4. The summed E-state index contributed by atoms with van der Waals surface area (Å²) in [5.74, 6) is -0.612. The van der Waals surface area contributed by atoms with Crippen molar-refractivity contribution >= 4 is 12.0 Å². The highest BCUT2D eigenvalue weighted by Gasteiger charge is 2.11. The van der Waals surface area contributed by atoms with Gasteiger partial charge in [0, 0.05) is 19.7 Å². The lowest BCUT2D eigenvalue weighted by atomic mass is 10.1. The molecule has 24 heavy (non-hydrogen) atoms. The average Bonchev–Trinajstić information content (AvgIpc) is 2.58. The summed E-state index contributed by atoms with van der Waals surface area (Å²) in [7, 11) is 1.54. The minimum absolute atomic E-state index is 0.165. The third kappa shape index (κ3) is 4.76. The fourth-order valence-corrected chi connectivity index (χ4v) is 2.09. The first kappa shape index (κ1) is 17.4. The first-order chi connectivity index (χ1) is 11.5. The fraction of sp³-hybridized carbons (Fsp3) is 0.167. The van der Waals surface area contributed by atoms with E-state index in [9.17, 15) is 20.1 Å². The van der Waals surface area contributed by atoms with Gasteiger partial charge < -0.3 is 25.4 Å². The molecule has 0 saturated carbocycles. The van der Waals surface area contributed by atoms with E-state index in [0.29, 0.717) is 5.56 Å². The van der Waals surface area contributed by atoms with Crippen LogP contribution in [-0.4, -0.2) is 34.9 Å². The molecule has 0 spiro atoms. The number of amides is 1. The summed E-state index contributed by atoms with van der Waals surface area (Å²) in [5, 5.41) is 30.6. The molecule has 0 heterocycles. The van der Waals surface area contributed by atoms with Gasteiger partial charge in [-0.15, -0.1) is 0 Å². The van der Waals surface area contributed by atoms with Crippen molar-refractivity contribution in [2.75, 3.05) is 13.7 Å². The minimum atomic E-state index is -0.333. The second-order valence-electron chi connectivity index (χ2n) is 5.14. The van der Waals surface area contributed by atoms with Gasteiger partial charge in [0.15, 0.2) is 11.5 Å². The molecule has 0 fully saturated rings. The zero-order valence-electron chi connectivity index (χ0n) is 13.1. The Kier molecular flexibility index (Phi) is 5.81. The molecular weight excluding hydrogens is 310 g/mol. The van der Waals surface area contributed by atoms with Gasteiger partial charge in [-0.25, -0.2) is 0 Å². The van der Waals surface area contributed by atoms with E-state index in [2.05, 4.69) is 5.32 Å². The van der Waals surface area contributed by atoms with E-state index in [1.165, 1.54) is 24.3 Å². The number of rotatable bonds is 6. The lowest BCUT2D eigenvalue weighted by Crippen LogP contribution is -2.27. The number of aromatic hydroxyl groups is 3. The fourth-order valence-electron chi connectivity index (χ4n) is 2.09. The van der Waals surface area contributed by atoms with Crippen molar-refractivity contribution in [2.45, 2.75) is 6.10 Å². The molecular formula is C18H19NO5.